The molecule has 0 unspecified atom stereocenters. The Hall–Kier alpha value is -1.64. The summed E-state index contributed by atoms with van der Waals surface area (Å²) in [5.41, 5.74) is 0.147. The Bertz CT molecular complexity index is 753. The van der Waals surface area contributed by atoms with Gasteiger partial charge in [-0.05, 0) is 57.6 Å². The molecule has 158 valence electrons. The highest BCUT2D eigenvalue weighted by Gasteiger charge is 2.24. The summed E-state index contributed by atoms with van der Waals surface area (Å²) in [6.45, 7) is 8.19. The van der Waals surface area contributed by atoms with Crippen LogP contribution in [-0.4, -0.2) is 46.7 Å². The van der Waals surface area contributed by atoms with Crippen molar-refractivity contribution in [3.8, 4) is 0 Å². The van der Waals surface area contributed by atoms with E-state index in [1.54, 1.807) is 19.2 Å². The van der Waals surface area contributed by atoms with Gasteiger partial charge in [0.2, 0.25) is 10.0 Å². The van der Waals surface area contributed by atoms with Gasteiger partial charge in [0.15, 0.2) is 5.96 Å². The molecule has 1 aliphatic carbocycles. The predicted octanol–water partition coefficient (Wildman–Crippen LogP) is 2.25. The van der Waals surface area contributed by atoms with E-state index in [9.17, 15) is 8.42 Å². The summed E-state index contributed by atoms with van der Waals surface area (Å²) in [5.74, 6) is 1.42. The van der Waals surface area contributed by atoms with Crippen LogP contribution in [-0.2, 0) is 21.3 Å². The van der Waals surface area contributed by atoms with Crippen molar-refractivity contribution in [2.75, 3.05) is 26.8 Å². The van der Waals surface area contributed by atoms with Crippen LogP contribution in [0.2, 0.25) is 0 Å². The molecule has 0 amide bonds. The number of guanidine groups is 1. The number of nitrogens with one attached hydrogen (secondary N) is 3. The first-order valence-corrected chi connectivity index (χ1v) is 11.3. The van der Waals surface area contributed by atoms with Crippen molar-refractivity contribution in [1.82, 2.24) is 15.4 Å². The van der Waals surface area contributed by atoms with Crippen LogP contribution < -0.4 is 15.4 Å². The second-order valence-corrected chi connectivity index (χ2v) is 9.84. The van der Waals surface area contributed by atoms with Crippen LogP contribution in [0.15, 0.2) is 34.2 Å². The van der Waals surface area contributed by atoms with Crippen molar-refractivity contribution in [3.05, 3.63) is 29.8 Å². The minimum absolute atomic E-state index is 0.279. The smallest absolute Gasteiger partial charge is 0.241 e. The maximum atomic E-state index is 12.7. The quantitative estimate of drug-likeness (QED) is 0.313. The van der Waals surface area contributed by atoms with Gasteiger partial charge in [-0.2, -0.15) is 0 Å². The summed E-state index contributed by atoms with van der Waals surface area (Å²) < 4.78 is 33.7. The van der Waals surface area contributed by atoms with Crippen LogP contribution >= 0.6 is 0 Å². The first-order chi connectivity index (χ1) is 13.2. The molecular weight excluding hydrogens is 376 g/mol. The molecule has 8 heteroatoms. The van der Waals surface area contributed by atoms with E-state index in [0.717, 1.165) is 32.1 Å². The highest BCUT2D eigenvalue weighted by atomic mass is 32.2. The molecule has 0 aromatic heterocycles. The molecule has 7 nitrogen and oxygen atoms in total. The van der Waals surface area contributed by atoms with Gasteiger partial charge in [-0.1, -0.05) is 18.2 Å². The summed E-state index contributed by atoms with van der Waals surface area (Å²) >= 11 is 0. The summed E-state index contributed by atoms with van der Waals surface area (Å²) in [4.78, 5) is 4.48. The normalized spacial score (nSPS) is 15.5. The molecule has 0 radical (unpaired) electrons. The minimum atomic E-state index is -3.60. The monoisotopic (exact) mass is 410 g/mol. The molecule has 28 heavy (non-hydrogen) atoms. The van der Waals surface area contributed by atoms with Crippen molar-refractivity contribution in [2.24, 2.45) is 10.9 Å². The van der Waals surface area contributed by atoms with E-state index < -0.39 is 15.6 Å². The van der Waals surface area contributed by atoms with Gasteiger partial charge in [0.25, 0.3) is 0 Å². The number of hydrogen-bond donors (Lipinski definition) is 3. The standard InChI is InChI=1S/C20H34N4O3S/c1-20(2,3)24-28(25,26)18-9-6-5-8-17(18)14-23-19(21-4)22-12-7-13-27-15-16-10-11-16/h5-6,8-9,16,24H,7,10-15H2,1-4H3,(H2,21,22,23). The largest absolute Gasteiger partial charge is 0.381 e. The lowest BCUT2D eigenvalue weighted by Gasteiger charge is -2.22. The van der Waals surface area contributed by atoms with Crippen molar-refractivity contribution in [1.29, 1.82) is 0 Å². The van der Waals surface area contributed by atoms with Gasteiger partial charge in [-0.3, -0.25) is 4.99 Å². The molecule has 1 saturated carbocycles. The Morgan fingerprint density at radius 1 is 1.21 bits per heavy atom. The van der Waals surface area contributed by atoms with Gasteiger partial charge in [-0.25, -0.2) is 13.1 Å². The molecule has 0 atom stereocenters. The molecule has 0 heterocycles. The Morgan fingerprint density at radius 2 is 1.93 bits per heavy atom. The molecular formula is C20H34N4O3S. The van der Waals surface area contributed by atoms with Gasteiger partial charge >= 0.3 is 0 Å². The molecule has 1 fully saturated rings. The highest BCUT2D eigenvalue weighted by Crippen LogP contribution is 2.28. The summed E-state index contributed by atoms with van der Waals surface area (Å²) in [6.07, 6.45) is 3.50. The molecule has 0 saturated heterocycles. The molecule has 0 spiro atoms. The fraction of sp³-hybridized carbons (Fsp3) is 0.650. The summed E-state index contributed by atoms with van der Waals surface area (Å²) in [5, 5.41) is 6.42. The topological polar surface area (TPSA) is 91.8 Å². The third-order valence-electron chi connectivity index (χ3n) is 4.18. The fourth-order valence-electron chi connectivity index (χ4n) is 2.69. The molecule has 1 aromatic carbocycles. The van der Waals surface area contributed by atoms with E-state index in [1.165, 1.54) is 12.8 Å². The lowest BCUT2D eigenvalue weighted by Crippen LogP contribution is -2.41. The lowest BCUT2D eigenvalue weighted by molar-refractivity contribution is 0.123. The third-order valence-corrected chi connectivity index (χ3v) is 6.04. The van der Waals surface area contributed by atoms with Gasteiger partial charge in [0.1, 0.15) is 0 Å². The van der Waals surface area contributed by atoms with Crippen molar-refractivity contribution < 1.29 is 13.2 Å². The van der Waals surface area contributed by atoms with Crippen molar-refractivity contribution in [3.63, 3.8) is 0 Å². The second kappa shape index (κ2) is 10.2. The number of sulfonamides is 1. The van der Waals surface area contributed by atoms with Crippen LogP contribution in [0.3, 0.4) is 0 Å². The SMILES string of the molecule is CN=C(NCCCOCC1CC1)NCc1ccccc1S(=O)(=O)NC(C)(C)C. The zero-order valence-corrected chi connectivity index (χ0v) is 18.2. The van der Waals surface area contributed by atoms with E-state index in [0.29, 0.717) is 18.1 Å². The minimum Gasteiger partial charge on any atom is -0.381 e. The Morgan fingerprint density at radius 3 is 2.57 bits per heavy atom. The number of ether oxygens (including phenoxy) is 1. The lowest BCUT2D eigenvalue weighted by atomic mass is 10.1. The zero-order valence-electron chi connectivity index (χ0n) is 17.4. The molecule has 1 aliphatic rings. The van der Waals surface area contributed by atoms with Gasteiger partial charge in [-0.15, -0.1) is 0 Å². The molecule has 3 N–H and O–H groups in total. The Labute approximate surface area is 169 Å². The summed E-state index contributed by atoms with van der Waals surface area (Å²) in [6, 6.07) is 7.00. The maximum Gasteiger partial charge on any atom is 0.241 e. The predicted molar refractivity (Wildman–Crippen MR) is 113 cm³/mol. The van der Waals surface area contributed by atoms with E-state index in [2.05, 4.69) is 20.3 Å². The second-order valence-electron chi connectivity index (χ2n) is 8.19. The average Bonchev–Trinajstić information content (AvgIpc) is 3.43. The van der Waals surface area contributed by atoms with Crippen LogP contribution in [0.25, 0.3) is 0 Å². The summed E-state index contributed by atoms with van der Waals surface area (Å²) in [7, 11) is -1.90. The molecule has 2 rings (SSSR count). The molecule has 0 bridgehead atoms. The number of benzene rings is 1. The van der Waals surface area contributed by atoms with E-state index in [1.807, 2.05) is 32.9 Å². The van der Waals surface area contributed by atoms with E-state index >= 15 is 0 Å². The van der Waals surface area contributed by atoms with Gasteiger partial charge in [0.05, 0.1) is 4.90 Å². The highest BCUT2D eigenvalue weighted by molar-refractivity contribution is 7.89. The third kappa shape index (κ3) is 8.16. The van der Waals surface area contributed by atoms with Crippen LogP contribution in [0.4, 0.5) is 0 Å². The van der Waals surface area contributed by atoms with Crippen molar-refractivity contribution in [2.45, 2.75) is 57.0 Å². The van der Waals surface area contributed by atoms with Crippen LogP contribution in [0.1, 0.15) is 45.6 Å². The average molecular weight is 411 g/mol. The first-order valence-electron chi connectivity index (χ1n) is 9.85. The van der Waals surface area contributed by atoms with Crippen LogP contribution in [0.5, 0.6) is 0 Å². The maximum absolute atomic E-state index is 12.7. The van der Waals surface area contributed by atoms with E-state index in [4.69, 9.17) is 4.74 Å². The Balaban J connectivity index is 1.84. The first kappa shape index (κ1) is 22.6. The number of rotatable bonds is 10. The number of nitrogens with zero attached hydrogens (tertiary/aromatic N) is 1. The number of hydrogen-bond acceptors (Lipinski definition) is 4. The van der Waals surface area contributed by atoms with Crippen LogP contribution in [0, 0.1) is 5.92 Å². The van der Waals surface area contributed by atoms with Crippen molar-refractivity contribution >= 4 is 16.0 Å². The molecule has 1 aromatic rings. The van der Waals surface area contributed by atoms with Gasteiger partial charge < -0.3 is 15.4 Å². The fourth-order valence-corrected chi connectivity index (χ4v) is 4.34. The molecule has 0 aliphatic heterocycles. The number of aliphatic imine (C=N–C) groups is 1. The van der Waals surface area contributed by atoms with E-state index in [-0.39, 0.29) is 4.90 Å². The Kier molecular flexibility index (Phi) is 8.27. The zero-order chi connectivity index (χ0) is 20.6. The van der Waals surface area contributed by atoms with Gasteiger partial charge in [0, 0.05) is 38.9 Å².